The molecule has 0 aliphatic carbocycles. The Balaban J connectivity index is 2.88. The van der Waals surface area contributed by atoms with Gasteiger partial charge in [-0.2, -0.15) is 0 Å². The molecule has 0 N–H and O–H groups in total. The Morgan fingerprint density at radius 2 is 1.90 bits per heavy atom. The van der Waals surface area contributed by atoms with Crippen LogP contribution in [0, 0.1) is 0 Å². The molecule has 20 heavy (non-hydrogen) atoms. The summed E-state index contributed by atoms with van der Waals surface area (Å²) >= 11 is 3.18. The van der Waals surface area contributed by atoms with Crippen LogP contribution in [0.15, 0.2) is 33.9 Å². The number of Topliss-reactive ketones (excluding diaryl/α,β-unsaturated/α-hetero) is 1. The molecule has 0 radical (unpaired) electrons. The highest BCUT2D eigenvalue weighted by Crippen LogP contribution is 2.16. The van der Waals surface area contributed by atoms with E-state index in [9.17, 15) is 14.4 Å². The SMILES string of the molecule is CCOC(=O)C(=NOC(=O)c1ccccc1Br)C(C)=O. The van der Waals surface area contributed by atoms with Crippen LogP contribution in [0.1, 0.15) is 24.2 Å². The van der Waals surface area contributed by atoms with Crippen molar-refractivity contribution in [2.45, 2.75) is 13.8 Å². The van der Waals surface area contributed by atoms with E-state index in [4.69, 9.17) is 0 Å². The minimum atomic E-state index is -0.931. The minimum absolute atomic E-state index is 0.0866. The highest BCUT2D eigenvalue weighted by molar-refractivity contribution is 9.10. The molecule has 0 aromatic heterocycles. The van der Waals surface area contributed by atoms with Crippen LogP contribution in [0.2, 0.25) is 0 Å². The highest BCUT2D eigenvalue weighted by Gasteiger charge is 2.20. The van der Waals surface area contributed by atoms with Gasteiger partial charge in [0.25, 0.3) is 0 Å². The number of halogens is 1. The summed E-state index contributed by atoms with van der Waals surface area (Å²) in [6.07, 6.45) is 0. The molecule has 106 valence electrons. The van der Waals surface area contributed by atoms with Crippen LogP contribution in [-0.2, 0) is 19.2 Å². The maximum absolute atomic E-state index is 11.8. The number of hydrogen-bond donors (Lipinski definition) is 0. The lowest BCUT2D eigenvalue weighted by Gasteiger charge is -2.03. The lowest BCUT2D eigenvalue weighted by molar-refractivity contribution is -0.135. The fourth-order valence-electron chi connectivity index (χ4n) is 1.21. The van der Waals surface area contributed by atoms with Gasteiger partial charge in [0.2, 0.25) is 5.71 Å². The normalized spacial score (nSPS) is 10.8. The number of oxime groups is 1. The first-order chi connectivity index (χ1) is 9.47. The van der Waals surface area contributed by atoms with Gasteiger partial charge in [-0.1, -0.05) is 17.3 Å². The van der Waals surface area contributed by atoms with Gasteiger partial charge in [-0.3, -0.25) is 4.79 Å². The van der Waals surface area contributed by atoms with E-state index in [1.807, 2.05) is 0 Å². The topological polar surface area (TPSA) is 82.0 Å². The van der Waals surface area contributed by atoms with E-state index >= 15 is 0 Å². The zero-order valence-corrected chi connectivity index (χ0v) is 12.5. The predicted octanol–water partition coefficient (Wildman–Crippen LogP) is 2.11. The van der Waals surface area contributed by atoms with Crippen LogP contribution in [-0.4, -0.2) is 30.0 Å². The summed E-state index contributed by atoms with van der Waals surface area (Å²) in [6.45, 7) is 2.80. The average Bonchev–Trinajstić information content (AvgIpc) is 2.39. The largest absolute Gasteiger partial charge is 0.461 e. The molecule has 1 aromatic carbocycles. The molecule has 0 amide bonds. The average molecular weight is 342 g/mol. The van der Waals surface area contributed by atoms with Crippen LogP contribution in [0.25, 0.3) is 0 Å². The lowest BCUT2D eigenvalue weighted by Crippen LogP contribution is -2.25. The third kappa shape index (κ3) is 4.27. The summed E-state index contributed by atoms with van der Waals surface area (Å²) in [5.74, 6) is -2.37. The van der Waals surface area contributed by atoms with Crippen LogP contribution < -0.4 is 0 Å². The van der Waals surface area contributed by atoms with Crippen LogP contribution >= 0.6 is 15.9 Å². The van der Waals surface area contributed by atoms with Crippen molar-refractivity contribution >= 4 is 39.4 Å². The molecular weight excluding hydrogens is 330 g/mol. The molecular formula is C13H12BrNO5. The summed E-state index contributed by atoms with van der Waals surface area (Å²) in [6, 6.07) is 6.53. The molecule has 1 rings (SSSR count). The molecule has 0 saturated carbocycles. The number of esters is 1. The van der Waals surface area contributed by atoms with Crippen molar-refractivity contribution in [1.82, 2.24) is 0 Å². The number of carbonyl (C=O) groups excluding carboxylic acids is 3. The standard InChI is InChI=1S/C13H12BrNO5/c1-3-19-13(18)11(8(2)16)15-20-12(17)9-6-4-5-7-10(9)14/h4-7H,3H2,1-2H3. The third-order valence-electron chi connectivity index (χ3n) is 2.12. The molecule has 0 bridgehead atoms. The van der Waals surface area contributed by atoms with Crippen LogP contribution in [0.4, 0.5) is 0 Å². The molecule has 6 nitrogen and oxygen atoms in total. The highest BCUT2D eigenvalue weighted by atomic mass is 79.9. The third-order valence-corrected chi connectivity index (χ3v) is 2.81. The number of nitrogens with zero attached hydrogens (tertiary/aromatic N) is 1. The van der Waals surface area contributed by atoms with E-state index < -0.39 is 23.4 Å². The molecule has 0 unspecified atom stereocenters. The van der Waals surface area contributed by atoms with E-state index in [1.165, 1.54) is 6.07 Å². The van der Waals surface area contributed by atoms with Crippen molar-refractivity contribution in [2.75, 3.05) is 6.61 Å². The summed E-state index contributed by atoms with van der Waals surface area (Å²) in [5, 5.41) is 3.28. The van der Waals surface area contributed by atoms with Gasteiger partial charge in [-0.05, 0) is 35.0 Å². The van der Waals surface area contributed by atoms with E-state index in [2.05, 4.69) is 30.7 Å². The first-order valence-electron chi connectivity index (χ1n) is 5.69. The summed E-state index contributed by atoms with van der Waals surface area (Å²) in [4.78, 5) is 39.0. The van der Waals surface area contributed by atoms with Gasteiger partial charge < -0.3 is 9.57 Å². The maximum atomic E-state index is 11.8. The second-order valence-corrected chi connectivity index (χ2v) is 4.43. The second-order valence-electron chi connectivity index (χ2n) is 3.58. The monoisotopic (exact) mass is 341 g/mol. The Hall–Kier alpha value is -2.02. The van der Waals surface area contributed by atoms with Crippen molar-refractivity contribution in [2.24, 2.45) is 5.16 Å². The second kappa shape index (κ2) is 7.54. The van der Waals surface area contributed by atoms with Crippen molar-refractivity contribution in [3.8, 4) is 0 Å². The Morgan fingerprint density at radius 1 is 1.25 bits per heavy atom. The van der Waals surface area contributed by atoms with Gasteiger partial charge >= 0.3 is 11.9 Å². The van der Waals surface area contributed by atoms with Crippen molar-refractivity contribution in [3.63, 3.8) is 0 Å². The number of ether oxygens (including phenoxy) is 1. The number of carbonyl (C=O) groups is 3. The zero-order chi connectivity index (χ0) is 15.1. The molecule has 0 fully saturated rings. The number of ketones is 1. The first kappa shape index (κ1) is 16.0. The van der Waals surface area contributed by atoms with E-state index in [1.54, 1.807) is 25.1 Å². The molecule has 7 heteroatoms. The summed E-state index contributed by atoms with van der Waals surface area (Å²) in [7, 11) is 0. The fourth-order valence-corrected chi connectivity index (χ4v) is 1.65. The Bertz CT molecular complexity index is 568. The smallest absolute Gasteiger partial charge is 0.366 e. The molecule has 0 heterocycles. The first-order valence-corrected chi connectivity index (χ1v) is 6.48. The van der Waals surface area contributed by atoms with Crippen molar-refractivity contribution in [3.05, 3.63) is 34.3 Å². The number of rotatable bonds is 5. The van der Waals surface area contributed by atoms with Gasteiger partial charge in [0.1, 0.15) is 0 Å². The molecule has 1 aromatic rings. The Kier molecular flexibility index (Phi) is 6.05. The maximum Gasteiger partial charge on any atom is 0.366 e. The van der Waals surface area contributed by atoms with Gasteiger partial charge in [-0.15, -0.1) is 0 Å². The van der Waals surface area contributed by atoms with Crippen molar-refractivity contribution < 1.29 is 24.0 Å². The molecule has 0 saturated heterocycles. The van der Waals surface area contributed by atoms with E-state index in [0.717, 1.165) is 6.92 Å². The Morgan fingerprint density at radius 3 is 2.45 bits per heavy atom. The lowest BCUT2D eigenvalue weighted by atomic mass is 10.2. The quantitative estimate of drug-likeness (QED) is 0.269. The minimum Gasteiger partial charge on any atom is -0.461 e. The predicted molar refractivity (Wildman–Crippen MR) is 74.3 cm³/mol. The zero-order valence-electron chi connectivity index (χ0n) is 10.9. The molecule has 0 atom stereocenters. The molecule has 0 spiro atoms. The number of hydrogen-bond acceptors (Lipinski definition) is 6. The van der Waals surface area contributed by atoms with Gasteiger partial charge in [0, 0.05) is 11.4 Å². The summed E-state index contributed by atoms with van der Waals surface area (Å²) in [5.41, 5.74) is -0.338. The van der Waals surface area contributed by atoms with Crippen LogP contribution in [0.5, 0.6) is 0 Å². The van der Waals surface area contributed by atoms with Crippen LogP contribution in [0.3, 0.4) is 0 Å². The fraction of sp³-hybridized carbons (Fsp3) is 0.231. The summed E-state index contributed by atoms with van der Waals surface area (Å²) < 4.78 is 5.15. The Labute approximate surface area is 123 Å². The van der Waals surface area contributed by atoms with Gasteiger partial charge in [-0.25, -0.2) is 9.59 Å². The van der Waals surface area contributed by atoms with Crippen molar-refractivity contribution in [1.29, 1.82) is 0 Å². The van der Waals surface area contributed by atoms with E-state index in [0.29, 0.717) is 4.47 Å². The van der Waals surface area contributed by atoms with Gasteiger partial charge in [0.15, 0.2) is 5.78 Å². The molecule has 0 aliphatic heterocycles. The number of benzene rings is 1. The van der Waals surface area contributed by atoms with Gasteiger partial charge in [0.05, 0.1) is 12.2 Å². The van der Waals surface area contributed by atoms with E-state index in [-0.39, 0.29) is 12.2 Å². The molecule has 0 aliphatic rings.